The predicted octanol–water partition coefficient (Wildman–Crippen LogP) is 2.69. The van der Waals surface area contributed by atoms with Crippen LogP contribution in [0.25, 0.3) is 0 Å². The first kappa shape index (κ1) is 18.6. The van der Waals surface area contributed by atoms with Crippen LogP contribution in [0, 0.1) is 0 Å². The van der Waals surface area contributed by atoms with Crippen LogP contribution < -0.4 is 10.1 Å². The van der Waals surface area contributed by atoms with E-state index in [-0.39, 0.29) is 24.8 Å². The summed E-state index contributed by atoms with van der Waals surface area (Å²) in [6, 6.07) is 7.29. The van der Waals surface area contributed by atoms with Gasteiger partial charge in [0.05, 0.1) is 7.11 Å². The van der Waals surface area contributed by atoms with Gasteiger partial charge in [0.1, 0.15) is 5.75 Å². The lowest BCUT2D eigenvalue weighted by molar-refractivity contribution is 0.191. The SMILES string of the molecule is COc1ccc2c(c1)CC(N1CCCNCC1)CC2.Cl.Cl. The number of methoxy groups -OCH3 is 1. The molecular weight excluding hydrogens is 307 g/mol. The van der Waals surface area contributed by atoms with Crippen LogP contribution >= 0.6 is 24.8 Å². The number of nitrogens with one attached hydrogen (secondary N) is 1. The van der Waals surface area contributed by atoms with Gasteiger partial charge in [-0.05, 0) is 62.0 Å². The Hall–Kier alpha value is -0.480. The van der Waals surface area contributed by atoms with Gasteiger partial charge >= 0.3 is 0 Å². The van der Waals surface area contributed by atoms with Gasteiger partial charge in [-0.25, -0.2) is 0 Å². The first-order valence-corrected chi connectivity index (χ1v) is 7.47. The van der Waals surface area contributed by atoms with E-state index in [1.807, 2.05) is 0 Å². The fourth-order valence-corrected chi connectivity index (χ4v) is 3.38. The lowest BCUT2D eigenvalue weighted by Crippen LogP contribution is -2.41. The number of rotatable bonds is 2. The molecule has 0 amide bonds. The van der Waals surface area contributed by atoms with E-state index in [0.29, 0.717) is 0 Å². The second-order valence-corrected chi connectivity index (χ2v) is 5.67. The van der Waals surface area contributed by atoms with Crippen LogP contribution in [-0.2, 0) is 12.8 Å². The van der Waals surface area contributed by atoms with Crippen LogP contribution in [0.2, 0.25) is 0 Å². The summed E-state index contributed by atoms with van der Waals surface area (Å²) >= 11 is 0. The van der Waals surface area contributed by atoms with Gasteiger partial charge in [0.25, 0.3) is 0 Å². The summed E-state index contributed by atoms with van der Waals surface area (Å²) in [7, 11) is 1.75. The molecule has 120 valence electrons. The van der Waals surface area contributed by atoms with E-state index < -0.39 is 0 Å². The Morgan fingerprint density at radius 1 is 1.14 bits per heavy atom. The number of halogens is 2. The van der Waals surface area contributed by atoms with E-state index in [4.69, 9.17) is 4.74 Å². The summed E-state index contributed by atoms with van der Waals surface area (Å²) in [5.74, 6) is 0.997. The van der Waals surface area contributed by atoms with Gasteiger partial charge in [-0.2, -0.15) is 0 Å². The number of nitrogens with zero attached hydrogens (tertiary/aromatic N) is 1. The lowest BCUT2D eigenvalue weighted by Gasteiger charge is -2.34. The summed E-state index contributed by atoms with van der Waals surface area (Å²) in [6.07, 6.45) is 4.99. The number of aryl methyl sites for hydroxylation is 1. The molecule has 1 N–H and O–H groups in total. The Morgan fingerprint density at radius 2 is 2.00 bits per heavy atom. The average Bonchev–Trinajstić information content (AvgIpc) is 2.75. The minimum atomic E-state index is 0. The molecule has 21 heavy (non-hydrogen) atoms. The van der Waals surface area contributed by atoms with Crippen LogP contribution in [0.4, 0.5) is 0 Å². The summed E-state index contributed by atoms with van der Waals surface area (Å²) in [5.41, 5.74) is 3.01. The van der Waals surface area contributed by atoms with Crippen molar-refractivity contribution in [3.05, 3.63) is 29.3 Å². The van der Waals surface area contributed by atoms with Crippen molar-refractivity contribution in [1.29, 1.82) is 0 Å². The monoisotopic (exact) mass is 332 g/mol. The molecule has 0 spiro atoms. The Morgan fingerprint density at radius 3 is 2.81 bits per heavy atom. The van der Waals surface area contributed by atoms with Crippen molar-refractivity contribution in [3.63, 3.8) is 0 Å². The highest BCUT2D eigenvalue weighted by Gasteiger charge is 2.24. The highest BCUT2D eigenvalue weighted by Crippen LogP contribution is 2.28. The van der Waals surface area contributed by atoms with E-state index in [1.165, 1.54) is 56.4 Å². The number of hydrogen-bond acceptors (Lipinski definition) is 3. The summed E-state index contributed by atoms with van der Waals surface area (Å²) < 4.78 is 5.36. The van der Waals surface area contributed by atoms with E-state index in [1.54, 1.807) is 7.11 Å². The molecule has 5 heteroatoms. The highest BCUT2D eigenvalue weighted by molar-refractivity contribution is 5.85. The molecule has 1 aromatic carbocycles. The molecule has 3 rings (SSSR count). The molecule has 1 fully saturated rings. The van der Waals surface area contributed by atoms with E-state index >= 15 is 0 Å². The third kappa shape index (κ3) is 4.49. The minimum Gasteiger partial charge on any atom is -0.497 e. The van der Waals surface area contributed by atoms with Crippen molar-refractivity contribution >= 4 is 24.8 Å². The van der Waals surface area contributed by atoms with Crippen LogP contribution in [-0.4, -0.2) is 44.2 Å². The normalized spacial score (nSPS) is 22.2. The molecule has 0 saturated carbocycles. The third-order valence-electron chi connectivity index (χ3n) is 4.51. The molecule has 1 heterocycles. The third-order valence-corrected chi connectivity index (χ3v) is 4.51. The standard InChI is InChI=1S/C16H24N2O.2ClH/c1-19-16-6-4-13-3-5-15(11-14(13)12-16)18-9-2-7-17-8-10-18;;/h4,6,12,15,17H,2-3,5,7-11H2,1H3;2*1H. The molecule has 0 bridgehead atoms. The van der Waals surface area contributed by atoms with Crippen molar-refractivity contribution in [2.24, 2.45) is 0 Å². The Kier molecular flexibility index (Phi) is 7.82. The number of fused-ring (bicyclic) bond motifs is 1. The maximum absolute atomic E-state index is 5.36. The van der Waals surface area contributed by atoms with Crippen LogP contribution in [0.5, 0.6) is 5.75 Å². The Labute approximate surface area is 140 Å². The first-order valence-electron chi connectivity index (χ1n) is 7.47. The summed E-state index contributed by atoms with van der Waals surface area (Å²) in [6.45, 7) is 4.76. The molecule has 2 aliphatic rings. The number of benzene rings is 1. The van der Waals surface area contributed by atoms with Gasteiger partial charge in [0.2, 0.25) is 0 Å². The molecule has 0 aromatic heterocycles. The van der Waals surface area contributed by atoms with E-state index in [0.717, 1.165) is 18.3 Å². The topological polar surface area (TPSA) is 24.5 Å². The van der Waals surface area contributed by atoms with Crippen molar-refractivity contribution in [3.8, 4) is 5.75 Å². The van der Waals surface area contributed by atoms with Crippen LogP contribution in [0.3, 0.4) is 0 Å². The van der Waals surface area contributed by atoms with Gasteiger partial charge in [0, 0.05) is 19.1 Å². The smallest absolute Gasteiger partial charge is 0.119 e. The molecule has 1 aromatic rings. The molecular formula is C16H26Cl2N2O. The van der Waals surface area contributed by atoms with Crippen LogP contribution in [0.15, 0.2) is 18.2 Å². The number of hydrogen-bond donors (Lipinski definition) is 1. The number of ether oxygens (including phenoxy) is 1. The van der Waals surface area contributed by atoms with Crippen LogP contribution in [0.1, 0.15) is 24.0 Å². The maximum atomic E-state index is 5.36. The zero-order valence-corrected chi connectivity index (χ0v) is 14.3. The Bertz CT molecular complexity index is 434. The molecule has 0 radical (unpaired) electrons. The molecule has 1 atom stereocenters. The van der Waals surface area contributed by atoms with Gasteiger partial charge in [-0.15, -0.1) is 24.8 Å². The molecule has 1 saturated heterocycles. The molecule has 3 nitrogen and oxygen atoms in total. The second-order valence-electron chi connectivity index (χ2n) is 5.67. The largest absolute Gasteiger partial charge is 0.497 e. The van der Waals surface area contributed by atoms with Gasteiger partial charge < -0.3 is 10.1 Å². The summed E-state index contributed by atoms with van der Waals surface area (Å²) in [4.78, 5) is 2.68. The van der Waals surface area contributed by atoms with Gasteiger partial charge in [-0.1, -0.05) is 6.07 Å². The average molecular weight is 333 g/mol. The van der Waals surface area contributed by atoms with Crippen molar-refractivity contribution in [2.75, 3.05) is 33.3 Å². The zero-order chi connectivity index (χ0) is 13.1. The van der Waals surface area contributed by atoms with Gasteiger partial charge in [-0.3, -0.25) is 4.90 Å². The lowest BCUT2D eigenvalue weighted by atomic mass is 9.87. The highest BCUT2D eigenvalue weighted by atomic mass is 35.5. The molecule has 1 unspecified atom stereocenters. The predicted molar refractivity (Wildman–Crippen MR) is 92.4 cm³/mol. The molecule has 1 aliphatic heterocycles. The molecule has 1 aliphatic carbocycles. The minimum absolute atomic E-state index is 0. The fourth-order valence-electron chi connectivity index (χ4n) is 3.38. The fraction of sp³-hybridized carbons (Fsp3) is 0.625. The Balaban J connectivity index is 0.00000110. The van der Waals surface area contributed by atoms with Crippen molar-refractivity contribution < 1.29 is 4.74 Å². The maximum Gasteiger partial charge on any atom is 0.119 e. The second kappa shape index (κ2) is 8.84. The van der Waals surface area contributed by atoms with Crippen molar-refractivity contribution in [2.45, 2.75) is 31.7 Å². The first-order chi connectivity index (χ1) is 9.36. The zero-order valence-electron chi connectivity index (χ0n) is 12.6. The van der Waals surface area contributed by atoms with Gasteiger partial charge in [0.15, 0.2) is 0 Å². The van der Waals surface area contributed by atoms with Crippen molar-refractivity contribution in [1.82, 2.24) is 10.2 Å². The van der Waals surface area contributed by atoms with E-state index in [2.05, 4.69) is 28.4 Å². The summed E-state index contributed by atoms with van der Waals surface area (Å²) in [5, 5.41) is 3.49. The quantitative estimate of drug-likeness (QED) is 0.901. The van der Waals surface area contributed by atoms with E-state index in [9.17, 15) is 0 Å².